The number of carbonyl (C=O) groups is 1. The lowest BCUT2D eigenvalue weighted by Crippen LogP contribution is -2.40. The summed E-state index contributed by atoms with van der Waals surface area (Å²) >= 11 is 5.61. The van der Waals surface area contributed by atoms with Crippen molar-refractivity contribution in [3.63, 3.8) is 0 Å². The molecule has 1 fully saturated rings. The highest BCUT2D eigenvalue weighted by Gasteiger charge is 2.19. The molecule has 0 aromatic heterocycles. The highest BCUT2D eigenvalue weighted by molar-refractivity contribution is 6.17. The molecule has 6 heteroatoms. The predicted octanol–water partition coefficient (Wildman–Crippen LogP) is 1.75. The summed E-state index contributed by atoms with van der Waals surface area (Å²) in [6.45, 7) is 2.89. The zero-order valence-electron chi connectivity index (χ0n) is 11.3. The van der Waals surface area contributed by atoms with Gasteiger partial charge in [-0.3, -0.25) is 4.79 Å². The van der Waals surface area contributed by atoms with Crippen molar-refractivity contribution in [3.8, 4) is 5.75 Å². The number of nitrogen functional groups attached to an aromatic ring is 1. The molecule has 1 saturated heterocycles. The number of ether oxygens (including phenoxy) is 2. The van der Waals surface area contributed by atoms with Gasteiger partial charge < -0.3 is 20.1 Å². The zero-order chi connectivity index (χ0) is 14.4. The second-order valence-electron chi connectivity index (χ2n) is 4.55. The smallest absolute Gasteiger partial charge is 0.254 e. The largest absolute Gasteiger partial charge is 0.491 e. The molecular formula is C14H19ClN2O3. The Kier molecular flexibility index (Phi) is 5.49. The second-order valence-corrected chi connectivity index (χ2v) is 4.93. The van der Waals surface area contributed by atoms with Gasteiger partial charge in [-0.15, -0.1) is 11.6 Å². The first-order valence-electron chi connectivity index (χ1n) is 6.67. The Bertz CT molecular complexity index is 462. The first-order valence-corrected chi connectivity index (χ1v) is 7.21. The van der Waals surface area contributed by atoms with Crippen LogP contribution in [0.5, 0.6) is 5.75 Å². The molecule has 2 N–H and O–H groups in total. The van der Waals surface area contributed by atoms with Crippen molar-refractivity contribution in [2.24, 2.45) is 0 Å². The Morgan fingerprint density at radius 1 is 1.40 bits per heavy atom. The molecule has 0 atom stereocenters. The van der Waals surface area contributed by atoms with Gasteiger partial charge in [-0.05, 0) is 24.6 Å². The minimum Gasteiger partial charge on any atom is -0.491 e. The maximum Gasteiger partial charge on any atom is 0.254 e. The Hall–Kier alpha value is -1.46. The summed E-state index contributed by atoms with van der Waals surface area (Å²) in [6, 6.07) is 5.12. The SMILES string of the molecule is Nc1ccc(C(=O)N2CCOCC2)cc1OCCCCl. The van der Waals surface area contributed by atoms with E-state index in [9.17, 15) is 4.79 Å². The van der Waals surface area contributed by atoms with Gasteiger partial charge in [0.05, 0.1) is 25.5 Å². The van der Waals surface area contributed by atoms with Crippen LogP contribution in [0, 0.1) is 0 Å². The van der Waals surface area contributed by atoms with Crippen molar-refractivity contribution < 1.29 is 14.3 Å². The van der Waals surface area contributed by atoms with Gasteiger partial charge in [0.25, 0.3) is 5.91 Å². The molecule has 0 radical (unpaired) electrons. The average molecular weight is 299 g/mol. The summed E-state index contributed by atoms with van der Waals surface area (Å²) in [4.78, 5) is 14.1. The van der Waals surface area contributed by atoms with Crippen LogP contribution in [0.2, 0.25) is 0 Å². The molecule has 0 bridgehead atoms. The average Bonchev–Trinajstić information content (AvgIpc) is 2.49. The van der Waals surface area contributed by atoms with E-state index in [0.29, 0.717) is 55.8 Å². The van der Waals surface area contributed by atoms with Crippen LogP contribution in [-0.2, 0) is 4.74 Å². The summed E-state index contributed by atoms with van der Waals surface area (Å²) in [6.07, 6.45) is 0.739. The van der Waals surface area contributed by atoms with Crippen molar-refractivity contribution in [2.75, 3.05) is 44.5 Å². The van der Waals surface area contributed by atoms with Crippen molar-refractivity contribution in [3.05, 3.63) is 23.8 Å². The predicted molar refractivity (Wildman–Crippen MR) is 78.4 cm³/mol. The lowest BCUT2D eigenvalue weighted by atomic mass is 10.1. The van der Waals surface area contributed by atoms with Gasteiger partial charge in [0, 0.05) is 24.5 Å². The molecule has 0 saturated carbocycles. The van der Waals surface area contributed by atoms with E-state index in [1.54, 1.807) is 23.1 Å². The molecule has 1 aromatic carbocycles. The van der Waals surface area contributed by atoms with Crippen molar-refractivity contribution in [2.45, 2.75) is 6.42 Å². The standard InChI is InChI=1S/C14H19ClN2O3/c15-4-1-7-20-13-10-11(2-3-12(13)16)14(18)17-5-8-19-9-6-17/h2-3,10H,1,4-9,16H2. The van der Waals surface area contributed by atoms with Gasteiger partial charge >= 0.3 is 0 Å². The van der Waals surface area contributed by atoms with Crippen LogP contribution in [0.4, 0.5) is 5.69 Å². The lowest BCUT2D eigenvalue weighted by molar-refractivity contribution is 0.0302. The molecule has 0 spiro atoms. The zero-order valence-corrected chi connectivity index (χ0v) is 12.1. The number of hydrogen-bond acceptors (Lipinski definition) is 4. The van der Waals surface area contributed by atoms with E-state index in [2.05, 4.69) is 0 Å². The first-order chi connectivity index (χ1) is 9.72. The number of carbonyl (C=O) groups excluding carboxylic acids is 1. The van der Waals surface area contributed by atoms with E-state index >= 15 is 0 Å². The van der Waals surface area contributed by atoms with Gasteiger partial charge in [0.15, 0.2) is 0 Å². The Morgan fingerprint density at radius 2 is 2.15 bits per heavy atom. The van der Waals surface area contributed by atoms with Crippen molar-refractivity contribution in [1.82, 2.24) is 4.90 Å². The molecule has 1 amide bonds. The second kappa shape index (κ2) is 7.36. The number of nitrogens with two attached hydrogens (primary N) is 1. The maximum atomic E-state index is 12.3. The summed E-state index contributed by atoms with van der Waals surface area (Å²) in [5.41, 5.74) is 6.96. The highest BCUT2D eigenvalue weighted by atomic mass is 35.5. The number of alkyl halides is 1. The number of hydrogen-bond donors (Lipinski definition) is 1. The minimum atomic E-state index is -0.0181. The van der Waals surface area contributed by atoms with E-state index in [1.165, 1.54) is 0 Å². The van der Waals surface area contributed by atoms with Crippen LogP contribution in [-0.4, -0.2) is 49.6 Å². The van der Waals surface area contributed by atoms with Gasteiger partial charge in [-0.2, -0.15) is 0 Å². The van der Waals surface area contributed by atoms with E-state index in [1.807, 2.05) is 0 Å². The molecule has 5 nitrogen and oxygen atoms in total. The van der Waals surface area contributed by atoms with Crippen molar-refractivity contribution >= 4 is 23.2 Å². The Balaban J connectivity index is 2.07. The number of nitrogens with zero attached hydrogens (tertiary/aromatic N) is 1. The number of amides is 1. The van der Waals surface area contributed by atoms with Crippen LogP contribution in [0.1, 0.15) is 16.8 Å². The van der Waals surface area contributed by atoms with E-state index < -0.39 is 0 Å². The molecule has 1 aliphatic heterocycles. The third-order valence-corrected chi connectivity index (χ3v) is 3.36. The molecule has 1 aromatic rings. The van der Waals surface area contributed by atoms with Gasteiger partial charge in [0.2, 0.25) is 0 Å². The van der Waals surface area contributed by atoms with Gasteiger partial charge in [0.1, 0.15) is 5.75 Å². The Morgan fingerprint density at radius 3 is 2.85 bits per heavy atom. The quantitative estimate of drug-likeness (QED) is 0.511. The summed E-state index contributed by atoms with van der Waals surface area (Å²) in [5, 5.41) is 0. The Labute approximate surface area is 123 Å². The lowest BCUT2D eigenvalue weighted by Gasteiger charge is -2.27. The number of halogens is 1. The molecule has 0 unspecified atom stereocenters. The molecule has 110 valence electrons. The fraction of sp³-hybridized carbons (Fsp3) is 0.500. The van der Waals surface area contributed by atoms with Crippen LogP contribution in [0.15, 0.2) is 18.2 Å². The third-order valence-electron chi connectivity index (χ3n) is 3.09. The maximum absolute atomic E-state index is 12.3. The molecular weight excluding hydrogens is 280 g/mol. The fourth-order valence-electron chi connectivity index (χ4n) is 1.98. The van der Waals surface area contributed by atoms with E-state index in [-0.39, 0.29) is 5.91 Å². The number of rotatable bonds is 5. The third kappa shape index (κ3) is 3.77. The molecule has 2 rings (SSSR count). The van der Waals surface area contributed by atoms with Crippen LogP contribution >= 0.6 is 11.6 Å². The van der Waals surface area contributed by atoms with Crippen LogP contribution in [0.3, 0.4) is 0 Å². The molecule has 1 aliphatic rings. The van der Waals surface area contributed by atoms with Crippen LogP contribution < -0.4 is 10.5 Å². The summed E-state index contributed by atoms with van der Waals surface area (Å²) < 4.78 is 10.8. The number of morpholine rings is 1. The minimum absolute atomic E-state index is 0.0181. The van der Waals surface area contributed by atoms with Crippen LogP contribution in [0.25, 0.3) is 0 Å². The normalized spacial score (nSPS) is 15.2. The first kappa shape index (κ1) is 14.9. The van der Waals surface area contributed by atoms with Gasteiger partial charge in [-0.1, -0.05) is 0 Å². The number of anilines is 1. The number of benzene rings is 1. The topological polar surface area (TPSA) is 64.8 Å². The monoisotopic (exact) mass is 298 g/mol. The van der Waals surface area contributed by atoms with Gasteiger partial charge in [-0.25, -0.2) is 0 Å². The molecule has 1 heterocycles. The van der Waals surface area contributed by atoms with E-state index in [0.717, 1.165) is 6.42 Å². The summed E-state index contributed by atoms with van der Waals surface area (Å²) in [7, 11) is 0. The fourth-order valence-corrected chi connectivity index (χ4v) is 2.09. The molecule has 0 aliphatic carbocycles. The summed E-state index contributed by atoms with van der Waals surface area (Å²) in [5.74, 6) is 1.05. The van der Waals surface area contributed by atoms with Crippen molar-refractivity contribution in [1.29, 1.82) is 0 Å². The van der Waals surface area contributed by atoms with E-state index in [4.69, 9.17) is 26.8 Å². The molecule has 20 heavy (non-hydrogen) atoms. The highest BCUT2D eigenvalue weighted by Crippen LogP contribution is 2.24.